The van der Waals surface area contributed by atoms with Crippen molar-refractivity contribution in [2.75, 3.05) is 11.5 Å². The molecule has 3 rings (SSSR count). The first-order valence-electron chi connectivity index (χ1n) is 8.50. The van der Waals surface area contributed by atoms with E-state index in [2.05, 4.69) is 21.0 Å². The number of nitrogens with zero attached hydrogens (tertiary/aromatic N) is 2. The van der Waals surface area contributed by atoms with Gasteiger partial charge in [-0.2, -0.15) is 4.98 Å². The zero-order valence-corrected chi connectivity index (χ0v) is 15.4. The van der Waals surface area contributed by atoms with Crippen LogP contribution in [0.25, 0.3) is 11.1 Å². The molecule has 0 saturated carbocycles. The highest BCUT2D eigenvalue weighted by molar-refractivity contribution is 8.00. The topological polar surface area (TPSA) is 115 Å². The lowest BCUT2D eigenvalue weighted by Gasteiger charge is -2.16. The lowest BCUT2D eigenvalue weighted by atomic mass is 10.1. The average Bonchev–Trinajstić information content (AvgIpc) is 2.58. The molecule has 3 heterocycles. The summed E-state index contributed by atoms with van der Waals surface area (Å²) in [6, 6.07) is 1.18. The molecule has 1 N–H and O–H groups in total. The fourth-order valence-corrected chi connectivity index (χ4v) is 4.19. The van der Waals surface area contributed by atoms with Crippen LogP contribution in [0, 0.1) is 0 Å². The Morgan fingerprint density at radius 3 is 2.81 bits per heavy atom. The fraction of sp³-hybridized carbons (Fsp3) is 0.471. The van der Waals surface area contributed by atoms with Crippen LogP contribution in [0.3, 0.4) is 0 Å². The summed E-state index contributed by atoms with van der Waals surface area (Å²) in [7, 11) is -2.01. The molecule has 0 aromatic carbocycles. The van der Waals surface area contributed by atoms with Crippen molar-refractivity contribution < 1.29 is 13.5 Å². The van der Waals surface area contributed by atoms with Crippen LogP contribution >= 0.6 is 0 Å². The number of hydrogen-bond donors (Lipinski definition) is 1. The van der Waals surface area contributed by atoms with E-state index in [-0.39, 0.29) is 17.1 Å². The molecule has 0 unspecified atom stereocenters. The maximum absolute atomic E-state index is 12.4. The van der Waals surface area contributed by atoms with Crippen LogP contribution in [-0.2, 0) is 15.9 Å². The molecule has 0 spiro atoms. The van der Waals surface area contributed by atoms with E-state index >= 15 is 0 Å². The number of aryl methyl sites for hydroxylation is 1. The number of unbranched alkanes of at least 4 members (excludes halogenated alkanes) is 1. The monoisotopic (exact) mass is 379 g/mol. The van der Waals surface area contributed by atoms with Gasteiger partial charge in [-0.25, -0.2) is 4.79 Å². The zero-order chi connectivity index (χ0) is 18.7. The molecule has 0 aliphatic carbocycles. The van der Waals surface area contributed by atoms with Gasteiger partial charge in [0.25, 0.3) is 5.56 Å². The first kappa shape index (κ1) is 18.4. The first-order valence-corrected chi connectivity index (χ1v) is 10.6. The second-order valence-electron chi connectivity index (χ2n) is 6.37. The van der Waals surface area contributed by atoms with Gasteiger partial charge in [0.05, 0.1) is 5.71 Å². The predicted molar refractivity (Wildman–Crippen MR) is 102 cm³/mol. The van der Waals surface area contributed by atoms with Crippen LogP contribution in [-0.4, -0.2) is 37.3 Å². The Bertz CT molecular complexity index is 1050. The van der Waals surface area contributed by atoms with Crippen LogP contribution in [0.15, 0.2) is 25.2 Å². The highest BCUT2D eigenvalue weighted by Gasteiger charge is 2.17. The summed E-state index contributed by atoms with van der Waals surface area (Å²) >= 11 is 0. The van der Waals surface area contributed by atoms with E-state index in [1.54, 1.807) is 0 Å². The number of aromatic nitrogens is 2. The zero-order valence-electron chi connectivity index (χ0n) is 14.6. The molecule has 1 fully saturated rings. The minimum atomic E-state index is -2.01. The van der Waals surface area contributed by atoms with Crippen molar-refractivity contribution >= 4 is 32.2 Å². The van der Waals surface area contributed by atoms with Crippen molar-refractivity contribution in [2.24, 2.45) is 5.16 Å². The molecule has 0 bridgehead atoms. The van der Waals surface area contributed by atoms with Crippen molar-refractivity contribution in [1.82, 2.24) is 9.97 Å². The molecule has 0 amide bonds. The second-order valence-corrected chi connectivity index (χ2v) is 9.12. The van der Waals surface area contributed by atoms with Crippen molar-refractivity contribution in [2.45, 2.75) is 39.0 Å². The third-order valence-electron chi connectivity index (χ3n) is 4.26. The van der Waals surface area contributed by atoms with E-state index in [1.165, 1.54) is 6.07 Å². The summed E-state index contributed by atoms with van der Waals surface area (Å²) < 4.78 is 16.9. The SMILES string of the molecule is C=S1(=O)CCC(=NOc2nc3oc(=O)cc(CCCC)c3c(=O)[nH]2)CC1. The Morgan fingerprint density at radius 1 is 1.38 bits per heavy atom. The van der Waals surface area contributed by atoms with Gasteiger partial charge < -0.3 is 9.25 Å². The molecule has 2 aromatic rings. The average molecular weight is 379 g/mol. The maximum Gasteiger partial charge on any atom is 0.337 e. The minimum absolute atomic E-state index is 0.0630. The van der Waals surface area contributed by atoms with E-state index in [9.17, 15) is 13.8 Å². The molecule has 0 radical (unpaired) electrons. The Morgan fingerprint density at radius 2 is 2.12 bits per heavy atom. The summed E-state index contributed by atoms with van der Waals surface area (Å²) in [5, 5.41) is 4.23. The molecule has 26 heavy (non-hydrogen) atoms. The quantitative estimate of drug-likeness (QED) is 0.621. The fourth-order valence-electron chi connectivity index (χ4n) is 2.77. The van der Waals surface area contributed by atoms with Crippen molar-refractivity contribution in [3.8, 4) is 6.01 Å². The van der Waals surface area contributed by atoms with Crippen LogP contribution < -0.4 is 16.0 Å². The molecular formula is C17H21N3O5S. The van der Waals surface area contributed by atoms with Crippen LogP contribution in [0.4, 0.5) is 0 Å². The third-order valence-corrected chi connectivity index (χ3v) is 6.16. The van der Waals surface area contributed by atoms with Gasteiger partial charge in [-0.15, -0.1) is 0 Å². The van der Waals surface area contributed by atoms with Crippen LogP contribution in [0.5, 0.6) is 6.01 Å². The van der Waals surface area contributed by atoms with Gasteiger partial charge in [-0.3, -0.25) is 14.0 Å². The second kappa shape index (κ2) is 7.45. The molecular weight excluding hydrogens is 358 g/mol. The molecule has 9 heteroatoms. The number of hydrogen-bond acceptors (Lipinski definition) is 7. The summed E-state index contributed by atoms with van der Waals surface area (Å²) in [5.41, 5.74) is 0.281. The van der Waals surface area contributed by atoms with E-state index in [1.807, 2.05) is 6.92 Å². The molecule has 1 aliphatic rings. The lowest BCUT2D eigenvalue weighted by Crippen LogP contribution is -2.23. The molecule has 8 nitrogen and oxygen atoms in total. The Balaban J connectivity index is 1.89. The highest BCUT2D eigenvalue weighted by atomic mass is 32.2. The Kier molecular flexibility index (Phi) is 5.26. The van der Waals surface area contributed by atoms with Gasteiger partial charge in [0.1, 0.15) is 5.39 Å². The van der Waals surface area contributed by atoms with Gasteiger partial charge >= 0.3 is 11.6 Å². The summed E-state index contributed by atoms with van der Waals surface area (Å²) in [6.45, 7) is 2.03. The van der Waals surface area contributed by atoms with E-state index < -0.39 is 20.7 Å². The first-order chi connectivity index (χ1) is 12.4. The molecule has 0 atom stereocenters. The van der Waals surface area contributed by atoms with E-state index in [0.717, 1.165) is 18.6 Å². The molecule has 2 aromatic heterocycles. The van der Waals surface area contributed by atoms with Crippen molar-refractivity contribution in [3.63, 3.8) is 0 Å². The van der Waals surface area contributed by atoms with Gasteiger partial charge in [-0.1, -0.05) is 18.5 Å². The number of fused-ring (bicyclic) bond motifs is 1. The summed E-state index contributed by atoms with van der Waals surface area (Å²) in [6.07, 6.45) is 3.42. The predicted octanol–water partition coefficient (Wildman–Crippen LogP) is 1.46. The summed E-state index contributed by atoms with van der Waals surface area (Å²) in [4.78, 5) is 35.9. The van der Waals surface area contributed by atoms with E-state index in [4.69, 9.17) is 9.25 Å². The molecule has 140 valence electrons. The maximum atomic E-state index is 12.4. The Hall–Kier alpha value is -2.42. The van der Waals surface area contributed by atoms with Gasteiger partial charge in [0, 0.05) is 30.4 Å². The number of rotatable bonds is 5. The number of H-pyrrole nitrogens is 1. The molecule has 1 saturated heterocycles. The standard InChI is InChI=1S/C17H21N3O5S/c1-3-4-5-11-10-13(21)24-16-14(11)15(22)18-17(19-16)25-20-12-6-8-26(2,23)9-7-12/h10H,2-9H2,1H3,(H,18,19,22). The molecule has 1 aliphatic heterocycles. The van der Waals surface area contributed by atoms with Crippen molar-refractivity contribution in [1.29, 1.82) is 0 Å². The third kappa shape index (κ3) is 4.21. The van der Waals surface area contributed by atoms with Gasteiger partial charge in [0.2, 0.25) is 5.71 Å². The van der Waals surface area contributed by atoms with E-state index in [0.29, 0.717) is 36.3 Å². The van der Waals surface area contributed by atoms with Crippen molar-refractivity contribution in [3.05, 3.63) is 32.4 Å². The Labute approximate surface area is 150 Å². The van der Waals surface area contributed by atoms with Gasteiger partial charge in [0.15, 0.2) is 0 Å². The number of oxime groups is 1. The summed E-state index contributed by atoms with van der Waals surface area (Å²) in [5.74, 6) is 4.63. The van der Waals surface area contributed by atoms with Gasteiger partial charge in [-0.05, 0) is 33.8 Å². The van der Waals surface area contributed by atoms with Crippen LogP contribution in [0.1, 0.15) is 38.2 Å². The number of nitrogens with one attached hydrogen (secondary N) is 1. The lowest BCUT2D eigenvalue weighted by molar-refractivity contribution is 0.309. The smallest absolute Gasteiger partial charge is 0.337 e. The normalized spacial score (nSPS) is 20.3. The minimum Gasteiger partial charge on any atom is -0.403 e. The largest absolute Gasteiger partial charge is 0.403 e. The van der Waals surface area contributed by atoms with Crippen LogP contribution in [0.2, 0.25) is 0 Å². The number of aromatic amines is 1. The highest BCUT2D eigenvalue weighted by Crippen LogP contribution is 2.16.